The van der Waals surface area contributed by atoms with Gasteiger partial charge >= 0.3 is 6.03 Å². The predicted octanol–water partition coefficient (Wildman–Crippen LogP) is 2.67. The first-order valence-electron chi connectivity index (χ1n) is 8.46. The highest BCUT2D eigenvalue weighted by molar-refractivity contribution is 5.74. The number of nitrogens with one attached hydrogen (secondary N) is 2. The van der Waals surface area contributed by atoms with Gasteiger partial charge in [-0.15, -0.1) is 0 Å². The summed E-state index contributed by atoms with van der Waals surface area (Å²) in [4.78, 5) is 18.7. The second kappa shape index (κ2) is 6.99. The van der Waals surface area contributed by atoms with Crippen LogP contribution in [0.3, 0.4) is 0 Å². The molecular weight excluding hydrogens is 276 g/mol. The first kappa shape index (κ1) is 15.1. The number of nitrogens with zero attached hydrogens (tertiary/aromatic N) is 2. The van der Waals surface area contributed by atoms with Crippen molar-refractivity contribution in [1.82, 2.24) is 15.6 Å². The van der Waals surface area contributed by atoms with Crippen LogP contribution >= 0.6 is 0 Å². The minimum Gasteiger partial charge on any atom is -0.357 e. The molecule has 0 radical (unpaired) electrons. The molecule has 1 aromatic rings. The number of hydrogen-bond donors (Lipinski definition) is 2. The van der Waals surface area contributed by atoms with Crippen molar-refractivity contribution >= 4 is 11.8 Å². The Morgan fingerprint density at radius 3 is 2.73 bits per heavy atom. The first-order valence-corrected chi connectivity index (χ1v) is 8.46. The molecule has 0 aromatic carbocycles. The molecule has 1 aliphatic carbocycles. The van der Waals surface area contributed by atoms with Gasteiger partial charge in [0.2, 0.25) is 0 Å². The molecule has 0 spiro atoms. The molecule has 1 aromatic heterocycles. The van der Waals surface area contributed by atoms with Gasteiger partial charge in [-0.2, -0.15) is 0 Å². The summed E-state index contributed by atoms with van der Waals surface area (Å²) in [6.07, 6.45) is 8.18. The minimum absolute atomic E-state index is 0.0838. The third-order valence-corrected chi connectivity index (χ3v) is 4.63. The van der Waals surface area contributed by atoms with E-state index in [-0.39, 0.29) is 12.1 Å². The van der Waals surface area contributed by atoms with Gasteiger partial charge in [0.15, 0.2) is 0 Å². The van der Waals surface area contributed by atoms with E-state index in [0.29, 0.717) is 12.5 Å². The van der Waals surface area contributed by atoms with Gasteiger partial charge in [-0.05, 0) is 56.6 Å². The lowest BCUT2D eigenvalue weighted by molar-refractivity contribution is 0.236. The topological polar surface area (TPSA) is 57.3 Å². The van der Waals surface area contributed by atoms with Gasteiger partial charge in [0.25, 0.3) is 0 Å². The van der Waals surface area contributed by atoms with E-state index < -0.39 is 0 Å². The van der Waals surface area contributed by atoms with Crippen molar-refractivity contribution in [3.63, 3.8) is 0 Å². The average molecular weight is 302 g/mol. The average Bonchev–Trinajstić information content (AvgIpc) is 3.39. The van der Waals surface area contributed by atoms with Crippen LogP contribution in [0.25, 0.3) is 0 Å². The fourth-order valence-electron chi connectivity index (χ4n) is 2.99. The maximum absolute atomic E-state index is 11.8. The lowest BCUT2D eigenvalue weighted by Gasteiger charge is -2.27. The van der Waals surface area contributed by atoms with Gasteiger partial charge in [-0.3, -0.25) is 0 Å². The number of carbonyl (C=O) groups is 1. The first-order chi connectivity index (χ1) is 10.7. The molecule has 2 fully saturated rings. The lowest BCUT2D eigenvalue weighted by atomic mass is 10.1. The number of carbonyl (C=O) groups excluding carboxylic acids is 1. The number of urea groups is 1. The van der Waals surface area contributed by atoms with E-state index in [0.717, 1.165) is 24.5 Å². The molecular formula is C17H26N4O. The van der Waals surface area contributed by atoms with Crippen molar-refractivity contribution in [2.75, 3.05) is 18.0 Å². The summed E-state index contributed by atoms with van der Waals surface area (Å²) in [5, 5.41) is 5.90. The molecule has 5 nitrogen and oxygen atoms in total. The van der Waals surface area contributed by atoms with Crippen LogP contribution in [0.15, 0.2) is 18.3 Å². The van der Waals surface area contributed by atoms with E-state index in [1.165, 1.54) is 32.1 Å². The Balaban J connectivity index is 1.45. The SMILES string of the molecule is CC(NC(=O)NCc1ccc(N2CCCCC2)nc1)C1CC1. The molecule has 2 heterocycles. The molecule has 3 rings (SSSR count). The molecule has 1 saturated carbocycles. The Labute approximate surface area is 132 Å². The maximum atomic E-state index is 11.8. The number of pyridine rings is 1. The highest BCUT2D eigenvalue weighted by atomic mass is 16.2. The van der Waals surface area contributed by atoms with Crippen molar-refractivity contribution in [3.8, 4) is 0 Å². The van der Waals surface area contributed by atoms with Crippen LogP contribution < -0.4 is 15.5 Å². The number of amides is 2. The number of hydrogen-bond acceptors (Lipinski definition) is 3. The molecule has 2 aliphatic rings. The van der Waals surface area contributed by atoms with E-state index in [9.17, 15) is 4.79 Å². The number of anilines is 1. The third-order valence-electron chi connectivity index (χ3n) is 4.63. The Kier molecular flexibility index (Phi) is 4.80. The van der Waals surface area contributed by atoms with Crippen molar-refractivity contribution in [2.24, 2.45) is 5.92 Å². The summed E-state index contributed by atoms with van der Waals surface area (Å²) in [5.74, 6) is 1.73. The monoisotopic (exact) mass is 302 g/mol. The predicted molar refractivity (Wildman–Crippen MR) is 87.9 cm³/mol. The zero-order valence-electron chi connectivity index (χ0n) is 13.3. The van der Waals surface area contributed by atoms with Crippen LogP contribution in [0.5, 0.6) is 0 Å². The van der Waals surface area contributed by atoms with Gasteiger partial charge in [-0.25, -0.2) is 9.78 Å². The van der Waals surface area contributed by atoms with Crippen LogP contribution in [-0.2, 0) is 6.54 Å². The molecule has 5 heteroatoms. The van der Waals surface area contributed by atoms with Gasteiger partial charge in [0, 0.05) is 31.9 Å². The second-order valence-corrected chi connectivity index (χ2v) is 6.53. The van der Waals surface area contributed by atoms with Crippen molar-refractivity contribution in [3.05, 3.63) is 23.9 Å². The van der Waals surface area contributed by atoms with Gasteiger partial charge < -0.3 is 15.5 Å². The Morgan fingerprint density at radius 2 is 2.09 bits per heavy atom. The Morgan fingerprint density at radius 1 is 1.32 bits per heavy atom. The number of rotatable bonds is 5. The lowest BCUT2D eigenvalue weighted by Crippen LogP contribution is -2.41. The zero-order valence-corrected chi connectivity index (χ0v) is 13.3. The molecule has 2 N–H and O–H groups in total. The second-order valence-electron chi connectivity index (χ2n) is 6.53. The summed E-state index contributed by atoms with van der Waals surface area (Å²) in [6.45, 7) is 4.81. The minimum atomic E-state index is -0.0838. The summed E-state index contributed by atoms with van der Waals surface area (Å²) >= 11 is 0. The zero-order chi connectivity index (χ0) is 15.4. The maximum Gasteiger partial charge on any atom is 0.315 e. The van der Waals surface area contributed by atoms with Gasteiger partial charge in [-0.1, -0.05) is 6.07 Å². The van der Waals surface area contributed by atoms with Crippen molar-refractivity contribution in [1.29, 1.82) is 0 Å². The highest BCUT2D eigenvalue weighted by Crippen LogP contribution is 2.32. The smallest absolute Gasteiger partial charge is 0.315 e. The van der Waals surface area contributed by atoms with Gasteiger partial charge in [0.05, 0.1) is 0 Å². The van der Waals surface area contributed by atoms with Crippen molar-refractivity contribution in [2.45, 2.75) is 51.6 Å². The van der Waals surface area contributed by atoms with Crippen molar-refractivity contribution < 1.29 is 4.79 Å². The fourth-order valence-corrected chi connectivity index (χ4v) is 2.99. The molecule has 1 saturated heterocycles. The standard InChI is InChI=1S/C17H26N4O/c1-13(15-6-7-15)20-17(22)19-12-14-5-8-16(18-11-14)21-9-3-2-4-10-21/h5,8,11,13,15H,2-4,6-7,9-10,12H2,1H3,(H2,19,20,22). The molecule has 1 aliphatic heterocycles. The molecule has 1 unspecified atom stereocenters. The van der Waals surface area contributed by atoms with Crippen LogP contribution in [0.1, 0.15) is 44.6 Å². The molecule has 1 atom stereocenters. The summed E-state index contributed by atoms with van der Waals surface area (Å²) < 4.78 is 0. The molecule has 22 heavy (non-hydrogen) atoms. The van der Waals surface area contributed by atoms with E-state index in [2.05, 4.69) is 39.6 Å². The normalized spacial score (nSPS) is 19.6. The Bertz CT molecular complexity index is 492. The van der Waals surface area contributed by atoms with Crippen LogP contribution in [0.4, 0.5) is 10.6 Å². The van der Waals surface area contributed by atoms with Crippen LogP contribution in [0.2, 0.25) is 0 Å². The van der Waals surface area contributed by atoms with Crippen LogP contribution in [0, 0.1) is 5.92 Å². The fraction of sp³-hybridized carbons (Fsp3) is 0.647. The molecule has 2 amide bonds. The summed E-state index contributed by atoms with van der Waals surface area (Å²) in [7, 11) is 0. The van der Waals surface area contributed by atoms with E-state index in [4.69, 9.17) is 0 Å². The Hall–Kier alpha value is -1.78. The summed E-state index contributed by atoms with van der Waals surface area (Å²) in [5.41, 5.74) is 1.04. The summed E-state index contributed by atoms with van der Waals surface area (Å²) in [6, 6.07) is 4.31. The largest absolute Gasteiger partial charge is 0.357 e. The highest BCUT2D eigenvalue weighted by Gasteiger charge is 2.28. The quantitative estimate of drug-likeness (QED) is 0.879. The van der Waals surface area contributed by atoms with Gasteiger partial charge in [0.1, 0.15) is 5.82 Å². The van der Waals surface area contributed by atoms with E-state index in [1.807, 2.05) is 6.20 Å². The molecule has 0 bridgehead atoms. The van der Waals surface area contributed by atoms with E-state index in [1.54, 1.807) is 0 Å². The number of aromatic nitrogens is 1. The third kappa shape index (κ3) is 4.12. The molecule has 120 valence electrons. The number of piperidine rings is 1. The van der Waals surface area contributed by atoms with Crippen LogP contribution in [-0.4, -0.2) is 30.1 Å². The van der Waals surface area contributed by atoms with E-state index >= 15 is 0 Å².